The highest BCUT2D eigenvalue weighted by molar-refractivity contribution is 7.82. The summed E-state index contributed by atoms with van der Waals surface area (Å²) < 4.78 is 33.3. The highest BCUT2D eigenvalue weighted by Gasteiger charge is 2.26. The van der Waals surface area contributed by atoms with Gasteiger partial charge >= 0.3 is 0 Å². The molecule has 1 saturated heterocycles. The summed E-state index contributed by atoms with van der Waals surface area (Å²) in [5.41, 5.74) is 0.886. The summed E-state index contributed by atoms with van der Waals surface area (Å²) in [7, 11) is -1.60. The van der Waals surface area contributed by atoms with Crippen LogP contribution in [0.15, 0.2) is 36.4 Å². The molecule has 1 fully saturated rings. The lowest BCUT2D eigenvalue weighted by Crippen LogP contribution is -2.33. The first-order valence-electron chi connectivity index (χ1n) is 9.08. The highest BCUT2D eigenvalue weighted by atomic mass is 35.5. The topological polar surface area (TPSA) is 58.6 Å². The molecule has 156 valence electrons. The third kappa shape index (κ3) is 5.92. The van der Waals surface area contributed by atoms with Gasteiger partial charge in [-0.3, -0.25) is 14.4 Å². The third-order valence-electron chi connectivity index (χ3n) is 4.73. The molecule has 3 rings (SSSR count). The zero-order chi connectivity index (χ0) is 21.0. The highest BCUT2D eigenvalue weighted by Crippen LogP contribution is 2.29. The van der Waals surface area contributed by atoms with Crippen LogP contribution < -0.4 is 9.46 Å². The van der Waals surface area contributed by atoms with Crippen LogP contribution in [0.25, 0.3) is 0 Å². The average Bonchev–Trinajstić information content (AvgIpc) is 3.10. The number of nitrogens with one attached hydrogen (secondary N) is 1. The van der Waals surface area contributed by atoms with Gasteiger partial charge in [-0.2, -0.15) is 0 Å². The molecule has 1 amide bonds. The molecule has 2 aromatic rings. The molecule has 1 heterocycles. The van der Waals surface area contributed by atoms with Crippen LogP contribution in [0.2, 0.25) is 10.0 Å². The van der Waals surface area contributed by atoms with E-state index >= 15 is 0 Å². The summed E-state index contributed by atoms with van der Waals surface area (Å²) in [5.74, 6) is -1.39. The van der Waals surface area contributed by atoms with E-state index in [1.807, 2.05) is 24.3 Å². The second kappa shape index (κ2) is 9.89. The summed E-state index contributed by atoms with van der Waals surface area (Å²) >= 11 is 12.1. The Balaban J connectivity index is 1.64. The number of halogens is 3. The van der Waals surface area contributed by atoms with Gasteiger partial charge in [0.1, 0.15) is 29.2 Å². The van der Waals surface area contributed by atoms with Gasteiger partial charge < -0.3 is 4.74 Å². The number of carbonyl (C=O) groups is 1. The normalized spacial score (nSPS) is 17.9. The molecule has 0 saturated carbocycles. The van der Waals surface area contributed by atoms with Crippen LogP contribution in [0.1, 0.15) is 28.8 Å². The van der Waals surface area contributed by atoms with E-state index in [0.717, 1.165) is 37.6 Å². The van der Waals surface area contributed by atoms with Gasteiger partial charge in [0.25, 0.3) is 5.91 Å². The van der Waals surface area contributed by atoms with Crippen molar-refractivity contribution in [1.29, 1.82) is 0 Å². The third-order valence-corrected chi connectivity index (χ3v) is 5.75. The van der Waals surface area contributed by atoms with Crippen molar-refractivity contribution >= 4 is 40.1 Å². The van der Waals surface area contributed by atoms with Crippen LogP contribution in [0.4, 0.5) is 4.39 Å². The van der Waals surface area contributed by atoms with Gasteiger partial charge in [-0.15, -0.1) is 0 Å². The number of likely N-dealkylation sites (tertiary alicyclic amines) is 1. The molecular weight excluding hydrogens is 438 g/mol. The lowest BCUT2D eigenvalue weighted by Gasteiger charge is -2.25. The van der Waals surface area contributed by atoms with Crippen molar-refractivity contribution in [3.05, 3.63) is 63.4 Å². The van der Waals surface area contributed by atoms with Crippen molar-refractivity contribution in [2.45, 2.75) is 25.4 Å². The molecule has 0 aromatic heterocycles. The molecule has 9 heteroatoms. The molecule has 29 heavy (non-hydrogen) atoms. The molecule has 0 bridgehead atoms. The maximum Gasteiger partial charge on any atom is 0.265 e. The quantitative estimate of drug-likeness (QED) is 0.675. The van der Waals surface area contributed by atoms with Gasteiger partial charge in [0, 0.05) is 29.9 Å². The molecule has 5 nitrogen and oxygen atoms in total. The van der Waals surface area contributed by atoms with Crippen LogP contribution in [-0.4, -0.2) is 40.5 Å². The van der Waals surface area contributed by atoms with Gasteiger partial charge in [-0.05, 0) is 43.1 Å². The van der Waals surface area contributed by atoms with E-state index in [0.29, 0.717) is 11.6 Å². The Labute approximate surface area is 181 Å². The molecule has 0 spiro atoms. The Hall–Kier alpha value is -1.67. The molecule has 2 atom stereocenters. The molecule has 0 aliphatic carbocycles. The molecular formula is C20H21Cl2FN2O3S. The lowest BCUT2D eigenvalue weighted by molar-refractivity contribution is 0.0979. The monoisotopic (exact) mass is 458 g/mol. The van der Waals surface area contributed by atoms with Crippen molar-refractivity contribution in [2.24, 2.45) is 0 Å². The van der Waals surface area contributed by atoms with Gasteiger partial charge in [0.2, 0.25) is 0 Å². The molecule has 1 aliphatic rings. The standard InChI is InChI=1S/C20H21Cl2FN2O3S/c1-29(27)24-20(26)16-9-17(22)19(10-18(16)23)28-12-15-3-2-8-25(15)11-13-4-6-14(21)7-5-13/h4-7,9-10,15H,2-3,8,11-12H2,1H3,(H,24,26)/t15-,29?/m1/s1. The van der Waals surface area contributed by atoms with Crippen molar-refractivity contribution < 1.29 is 18.1 Å². The van der Waals surface area contributed by atoms with Gasteiger partial charge in [0.05, 0.1) is 10.6 Å². The number of ether oxygens (including phenoxy) is 1. The zero-order valence-electron chi connectivity index (χ0n) is 15.8. The average molecular weight is 459 g/mol. The number of nitrogens with zero attached hydrogens (tertiary/aromatic N) is 1. The summed E-state index contributed by atoms with van der Waals surface area (Å²) in [6, 6.07) is 10.2. The second-order valence-electron chi connectivity index (χ2n) is 6.85. The summed E-state index contributed by atoms with van der Waals surface area (Å²) in [5, 5.41) is 0.828. The van der Waals surface area contributed by atoms with Crippen LogP contribution in [0.3, 0.4) is 0 Å². The van der Waals surface area contributed by atoms with Crippen LogP contribution in [0.5, 0.6) is 5.75 Å². The fourth-order valence-electron chi connectivity index (χ4n) is 3.30. The Morgan fingerprint density at radius 1 is 1.31 bits per heavy atom. The molecule has 1 aliphatic heterocycles. The van der Waals surface area contributed by atoms with E-state index in [4.69, 9.17) is 27.9 Å². The van der Waals surface area contributed by atoms with E-state index in [-0.39, 0.29) is 22.4 Å². The minimum atomic E-state index is -1.60. The number of hydrogen-bond donors (Lipinski definition) is 1. The summed E-state index contributed by atoms with van der Waals surface area (Å²) in [6.07, 6.45) is 3.31. The summed E-state index contributed by atoms with van der Waals surface area (Å²) in [6.45, 7) is 2.09. The van der Waals surface area contributed by atoms with Gasteiger partial charge in [-0.1, -0.05) is 35.3 Å². The minimum Gasteiger partial charge on any atom is -0.490 e. The molecule has 0 radical (unpaired) electrons. The predicted molar refractivity (Wildman–Crippen MR) is 113 cm³/mol. The molecule has 1 unspecified atom stereocenters. The molecule has 1 N–H and O–H groups in total. The first-order valence-corrected chi connectivity index (χ1v) is 11.4. The number of carbonyl (C=O) groups excluding carboxylic acids is 1. The van der Waals surface area contributed by atoms with Crippen molar-refractivity contribution in [1.82, 2.24) is 9.62 Å². The predicted octanol–water partition coefficient (Wildman–Crippen LogP) is 4.20. The maximum absolute atomic E-state index is 14.3. The van der Waals surface area contributed by atoms with Crippen molar-refractivity contribution in [3.8, 4) is 5.75 Å². The van der Waals surface area contributed by atoms with E-state index < -0.39 is 22.7 Å². The largest absolute Gasteiger partial charge is 0.490 e. The Morgan fingerprint density at radius 3 is 2.72 bits per heavy atom. The van der Waals surface area contributed by atoms with Crippen molar-refractivity contribution in [3.63, 3.8) is 0 Å². The fraction of sp³-hybridized carbons (Fsp3) is 0.350. The summed E-state index contributed by atoms with van der Waals surface area (Å²) in [4.78, 5) is 14.2. The number of benzene rings is 2. The lowest BCUT2D eigenvalue weighted by atomic mass is 10.2. The fourth-order valence-corrected chi connectivity index (χ4v) is 4.02. The van der Waals surface area contributed by atoms with Gasteiger partial charge in [0.15, 0.2) is 0 Å². The molecule has 2 aromatic carbocycles. The smallest absolute Gasteiger partial charge is 0.265 e. The van der Waals surface area contributed by atoms with E-state index in [9.17, 15) is 13.4 Å². The van der Waals surface area contributed by atoms with E-state index in [1.165, 1.54) is 12.3 Å². The first kappa shape index (κ1) is 22.0. The van der Waals surface area contributed by atoms with E-state index in [1.54, 1.807) is 0 Å². The Bertz CT molecular complexity index is 911. The minimum absolute atomic E-state index is 0.126. The Morgan fingerprint density at radius 2 is 2.03 bits per heavy atom. The number of rotatable bonds is 7. The zero-order valence-corrected chi connectivity index (χ0v) is 18.1. The first-order chi connectivity index (χ1) is 13.8. The van der Waals surface area contributed by atoms with Crippen LogP contribution in [-0.2, 0) is 17.5 Å². The number of amides is 1. The van der Waals surface area contributed by atoms with Crippen molar-refractivity contribution in [2.75, 3.05) is 19.4 Å². The number of hydrogen-bond acceptors (Lipinski definition) is 4. The Kier molecular flexibility index (Phi) is 7.51. The maximum atomic E-state index is 14.3. The SMILES string of the molecule is CS(=O)NC(=O)c1cc(Cl)c(OC[C@H]2CCCN2Cc2ccc(Cl)cc2)cc1F. The van der Waals surface area contributed by atoms with E-state index in [2.05, 4.69) is 9.62 Å². The second-order valence-corrected chi connectivity index (χ2v) is 8.81. The van der Waals surface area contributed by atoms with Crippen LogP contribution >= 0.6 is 23.2 Å². The van der Waals surface area contributed by atoms with Crippen LogP contribution in [0, 0.1) is 5.82 Å². The van der Waals surface area contributed by atoms with Gasteiger partial charge in [-0.25, -0.2) is 8.60 Å².